The standard InChI is InChI=1S/C62H75F4N7O5Si/c1-40(2)58-60(75)69-45(38-77-79(61(5,6)7,48-20-13-11-14-21-48)49-22-15-12-16-23-49)33-43-26-28-47(36-56(43)72(58)9)78-42(4)41(3)68-59(74)44-27-29-57(76-10)54(34-44)67-31-18-19-46-35-50-52(70-53-30-32-71(8)37-51(53)63)24-17-25-55(50)73(46)39-62(64,65)66/h11-17,20-29,34-36,40-42,45,51,53,58,67,70H,30-33,37-39H2,1-10H3,(H,68,74)(H,69,75)/t41?,42?,45-,51-,53+,58-/m0/s1. The molecule has 12 nitrogen and oxygen atoms in total. The van der Waals surface area contributed by atoms with Crippen LogP contribution in [0.15, 0.2) is 121 Å². The number of piperidine rings is 1. The number of hydrogen-bond acceptors (Lipinski definition) is 9. The summed E-state index contributed by atoms with van der Waals surface area (Å²) in [5, 5.41) is 15.5. The Morgan fingerprint density at radius 3 is 2.20 bits per heavy atom. The van der Waals surface area contributed by atoms with Crippen LogP contribution in [0.3, 0.4) is 0 Å². The smallest absolute Gasteiger partial charge is 0.406 e. The minimum Gasteiger partial charge on any atom is -0.495 e. The number of amides is 2. The molecule has 2 aliphatic rings. The molecule has 2 amide bonds. The number of ether oxygens (including phenoxy) is 2. The normalized spacial score (nSPS) is 19.0. The van der Waals surface area contributed by atoms with E-state index in [1.165, 1.54) is 17.5 Å². The van der Waals surface area contributed by atoms with Gasteiger partial charge in [-0.05, 0) is 109 Å². The van der Waals surface area contributed by atoms with Crippen molar-refractivity contribution in [3.63, 3.8) is 0 Å². The van der Waals surface area contributed by atoms with E-state index in [0.717, 1.165) is 15.8 Å². The van der Waals surface area contributed by atoms with Crippen LogP contribution in [0, 0.1) is 17.8 Å². The summed E-state index contributed by atoms with van der Waals surface area (Å²) >= 11 is 0. The number of nitrogens with one attached hydrogen (secondary N) is 4. The lowest BCUT2D eigenvalue weighted by atomic mass is 9.95. The molecule has 0 spiro atoms. The lowest BCUT2D eigenvalue weighted by molar-refractivity contribution is -0.140. The second-order valence-corrected chi connectivity index (χ2v) is 26.7. The van der Waals surface area contributed by atoms with Gasteiger partial charge in [-0.15, -0.1) is 0 Å². The van der Waals surface area contributed by atoms with Gasteiger partial charge in [-0.3, -0.25) is 9.59 Å². The number of hydrogen-bond donors (Lipinski definition) is 4. The molecule has 8 rings (SSSR count). The molecule has 6 atom stereocenters. The molecule has 2 unspecified atom stereocenters. The number of nitrogens with zero attached hydrogens (tertiary/aromatic N) is 3. The molecule has 420 valence electrons. The fourth-order valence-corrected chi connectivity index (χ4v) is 15.8. The Kier molecular flexibility index (Phi) is 18.1. The van der Waals surface area contributed by atoms with Crippen LogP contribution in [0.4, 0.5) is 34.6 Å². The first-order chi connectivity index (χ1) is 37.6. The maximum absolute atomic E-state index is 15.0. The van der Waals surface area contributed by atoms with Crippen LogP contribution in [0.25, 0.3) is 10.9 Å². The Balaban J connectivity index is 0.951. The van der Waals surface area contributed by atoms with Crippen molar-refractivity contribution in [1.82, 2.24) is 20.1 Å². The molecule has 0 aliphatic carbocycles. The number of alkyl halides is 4. The summed E-state index contributed by atoms with van der Waals surface area (Å²) < 4.78 is 77.6. The summed E-state index contributed by atoms with van der Waals surface area (Å²) in [6.45, 7) is 14.6. The number of fused-ring (bicyclic) bond motifs is 2. The molecule has 4 N–H and O–H groups in total. The van der Waals surface area contributed by atoms with Gasteiger partial charge in [-0.2, -0.15) is 13.2 Å². The Hall–Kier alpha value is -7.00. The van der Waals surface area contributed by atoms with E-state index >= 15 is 4.39 Å². The summed E-state index contributed by atoms with van der Waals surface area (Å²) in [4.78, 5) is 32.1. The molecule has 5 aromatic carbocycles. The molecule has 2 aliphatic heterocycles. The average Bonchev–Trinajstić information content (AvgIpc) is 3.85. The van der Waals surface area contributed by atoms with Crippen LogP contribution in [-0.2, 0) is 22.2 Å². The highest BCUT2D eigenvalue weighted by atomic mass is 28.4. The minimum absolute atomic E-state index is 0.00936. The number of likely N-dealkylation sites (N-methyl/N-ethyl adjacent to an activating group) is 1. The van der Waals surface area contributed by atoms with Gasteiger partial charge in [0.25, 0.3) is 14.2 Å². The van der Waals surface area contributed by atoms with Crippen molar-refractivity contribution in [2.24, 2.45) is 5.92 Å². The van der Waals surface area contributed by atoms with Gasteiger partial charge in [-0.25, -0.2) is 4.39 Å². The molecule has 0 radical (unpaired) electrons. The quantitative estimate of drug-likeness (QED) is 0.0402. The molecule has 79 heavy (non-hydrogen) atoms. The third kappa shape index (κ3) is 13.4. The van der Waals surface area contributed by atoms with Crippen LogP contribution < -0.4 is 46.0 Å². The van der Waals surface area contributed by atoms with Crippen molar-refractivity contribution >= 4 is 58.5 Å². The van der Waals surface area contributed by atoms with E-state index in [2.05, 4.69) is 108 Å². The molecule has 17 heteroatoms. The molecular weight excluding hydrogens is 1030 g/mol. The number of anilines is 3. The Morgan fingerprint density at radius 2 is 1.57 bits per heavy atom. The SMILES string of the molecule is COc1ccc(C(=O)NC(C)C(C)Oc2ccc3c(c2)N(C)[C@@H](C(C)C)C(=O)N[C@H](CO[Si](c2ccccc2)(c2ccccc2)C(C)(C)C)C3)cc1NCC#Cc1cc2c(N[C@@H]3CCN(C)C[C@@H]3F)cccc2n1CC(F)(F)F. The molecular formula is C62H75F4N7O5Si. The van der Waals surface area contributed by atoms with Gasteiger partial charge >= 0.3 is 6.18 Å². The van der Waals surface area contributed by atoms with E-state index in [1.807, 2.05) is 75.9 Å². The number of benzene rings is 5. The lowest BCUT2D eigenvalue weighted by Gasteiger charge is -2.44. The van der Waals surface area contributed by atoms with E-state index in [9.17, 15) is 22.8 Å². The molecule has 1 fully saturated rings. The van der Waals surface area contributed by atoms with Gasteiger partial charge in [0.2, 0.25) is 5.91 Å². The zero-order chi connectivity index (χ0) is 56.8. The summed E-state index contributed by atoms with van der Waals surface area (Å²) in [5.74, 6) is 6.42. The third-order valence-corrected chi connectivity index (χ3v) is 20.3. The number of rotatable bonds is 17. The summed E-state index contributed by atoms with van der Waals surface area (Å²) in [7, 11) is 2.38. The van der Waals surface area contributed by atoms with E-state index in [4.69, 9.17) is 13.9 Å². The predicted molar refractivity (Wildman–Crippen MR) is 310 cm³/mol. The zero-order valence-electron chi connectivity index (χ0n) is 46.9. The van der Waals surface area contributed by atoms with Crippen LogP contribution >= 0.6 is 0 Å². The topological polar surface area (TPSA) is 121 Å². The van der Waals surface area contributed by atoms with Crippen molar-refractivity contribution in [3.8, 4) is 23.3 Å². The van der Waals surface area contributed by atoms with Crippen molar-refractivity contribution < 1.29 is 41.1 Å². The second-order valence-electron chi connectivity index (χ2n) is 22.4. The Morgan fingerprint density at radius 1 is 0.873 bits per heavy atom. The summed E-state index contributed by atoms with van der Waals surface area (Å²) in [6, 6.07) is 36.7. The summed E-state index contributed by atoms with van der Waals surface area (Å²) in [6.07, 6.45) is -5.07. The zero-order valence-corrected chi connectivity index (χ0v) is 47.9. The monoisotopic (exact) mass is 1100 g/mol. The first kappa shape index (κ1) is 58.2. The van der Waals surface area contributed by atoms with Gasteiger partial charge in [0.15, 0.2) is 0 Å². The molecule has 6 aromatic rings. The second kappa shape index (κ2) is 24.6. The molecule has 0 bridgehead atoms. The van der Waals surface area contributed by atoms with Crippen molar-refractivity contribution in [3.05, 3.63) is 138 Å². The van der Waals surface area contributed by atoms with Crippen LogP contribution in [0.2, 0.25) is 5.04 Å². The number of aromatic nitrogens is 1. The largest absolute Gasteiger partial charge is 0.495 e. The number of likely N-dealkylation sites (tertiary alicyclic amines) is 1. The number of methoxy groups -OCH3 is 1. The minimum atomic E-state index is -4.52. The van der Waals surface area contributed by atoms with E-state index < -0.39 is 51.4 Å². The predicted octanol–water partition coefficient (Wildman–Crippen LogP) is 9.79. The lowest BCUT2D eigenvalue weighted by Crippen LogP contribution is -2.67. The van der Waals surface area contributed by atoms with Gasteiger partial charge < -0.3 is 49.5 Å². The Labute approximate surface area is 463 Å². The van der Waals surface area contributed by atoms with Crippen molar-refractivity contribution in [2.45, 2.75) is 116 Å². The van der Waals surface area contributed by atoms with Crippen molar-refractivity contribution in [1.29, 1.82) is 0 Å². The first-order valence-electron chi connectivity index (χ1n) is 27.1. The van der Waals surface area contributed by atoms with Crippen molar-refractivity contribution in [2.75, 3.05) is 63.0 Å². The molecule has 1 aromatic heterocycles. The Bertz CT molecular complexity index is 3100. The number of carbonyl (C=O) groups excluding carboxylic acids is 2. The van der Waals surface area contributed by atoms with Crippen LogP contribution in [0.1, 0.15) is 76.5 Å². The third-order valence-electron chi connectivity index (χ3n) is 15.3. The van der Waals surface area contributed by atoms with Gasteiger partial charge in [0.1, 0.15) is 36.4 Å². The molecule has 1 saturated heterocycles. The maximum atomic E-state index is 15.0. The van der Waals surface area contributed by atoms with E-state index in [0.29, 0.717) is 65.3 Å². The van der Waals surface area contributed by atoms with E-state index in [1.54, 1.807) is 42.5 Å². The van der Waals surface area contributed by atoms with Gasteiger partial charge in [0, 0.05) is 48.5 Å². The fraction of sp³-hybridized carbons (Fsp3) is 0.419. The van der Waals surface area contributed by atoms with Gasteiger partial charge in [0.05, 0.1) is 55.3 Å². The fourth-order valence-electron chi connectivity index (χ4n) is 11.2. The summed E-state index contributed by atoms with van der Waals surface area (Å²) in [5.41, 5.74) is 3.72. The highest BCUT2D eigenvalue weighted by Gasteiger charge is 2.50. The van der Waals surface area contributed by atoms with E-state index in [-0.39, 0.29) is 47.6 Å². The van der Waals surface area contributed by atoms with Crippen LogP contribution in [0.5, 0.6) is 11.5 Å². The average molecular weight is 1100 g/mol. The highest BCUT2D eigenvalue weighted by molar-refractivity contribution is 6.99. The first-order valence-corrected chi connectivity index (χ1v) is 29.0. The number of carbonyl (C=O) groups is 2. The van der Waals surface area contributed by atoms with Gasteiger partial charge in [-0.1, -0.05) is 113 Å². The highest BCUT2D eigenvalue weighted by Crippen LogP contribution is 2.38. The molecule has 3 heterocycles. The van der Waals surface area contributed by atoms with Crippen LogP contribution in [-0.4, -0.2) is 120 Å². The molecule has 0 saturated carbocycles. The number of halogens is 4. The maximum Gasteiger partial charge on any atom is 0.406 e.